The molecule has 0 unspecified atom stereocenters. The number of carbonyl (C=O) groups is 1. The maximum atomic E-state index is 10.6. The van der Waals surface area contributed by atoms with Gasteiger partial charge < -0.3 is 11.1 Å². The van der Waals surface area contributed by atoms with Crippen LogP contribution in [0.4, 0.5) is 10.5 Å². The van der Waals surface area contributed by atoms with Gasteiger partial charge in [0.25, 0.3) is 0 Å². The van der Waals surface area contributed by atoms with Gasteiger partial charge in [-0.3, -0.25) is 0 Å². The van der Waals surface area contributed by atoms with Crippen molar-refractivity contribution in [1.29, 1.82) is 0 Å². The molecule has 0 spiro atoms. The first kappa shape index (κ1) is 9.58. The fourth-order valence-electron chi connectivity index (χ4n) is 1.22. The number of carbonyl (C=O) groups excluding carboxylic acids is 1. The van der Waals surface area contributed by atoms with Crippen LogP contribution in [0.25, 0.3) is 0 Å². The van der Waals surface area contributed by atoms with E-state index >= 15 is 0 Å². The summed E-state index contributed by atoms with van der Waals surface area (Å²) in [7, 11) is 0. The predicted octanol–water partition coefficient (Wildman–Crippen LogP) is 2.05. The van der Waals surface area contributed by atoms with E-state index in [1.54, 1.807) is 0 Å². The number of amides is 2. The summed E-state index contributed by atoms with van der Waals surface area (Å²) in [4.78, 5) is 10.6. The van der Waals surface area contributed by atoms with Gasteiger partial charge in [0, 0.05) is 5.69 Å². The van der Waals surface area contributed by atoms with Gasteiger partial charge >= 0.3 is 6.03 Å². The molecule has 1 aromatic carbocycles. The maximum Gasteiger partial charge on any atom is 0.316 e. The van der Waals surface area contributed by atoms with Crippen LogP contribution >= 0.6 is 0 Å². The van der Waals surface area contributed by atoms with Crippen molar-refractivity contribution in [3.05, 3.63) is 29.3 Å². The number of urea groups is 1. The Balaban J connectivity index is 2.91. The Labute approximate surface area is 77.9 Å². The van der Waals surface area contributed by atoms with Crippen LogP contribution in [-0.4, -0.2) is 6.03 Å². The first-order chi connectivity index (χ1) is 6.13. The second-order valence-corrected chi connectivity index (χ2v) is 2.99. The van der Waals surface area contributed by atoms with Gasteiger partial charge in [-0.05, 0) is 30.5 Å². The van der Waals surface area contributed by atoms with Crippen LogP contribution in [0.15, 0.2) is 18.2 Å². The van der Waals surface area contributed by atoms with Gasteiger partial charge in [-0.15, -0.1) is 0 Å². The van der Waals surface area contributed by atoms with Crippen LogP contribution in [0.2, 0.25) is 0 Å². The average Bonchev–Trinajstić information content (AvgIpc) is 2.08. The van der Waals surface area contributed by atoms with Gasteiger partial charge in [0.15, 0.2) is 0 Å². The Morgan fingerprint density at radius 3 is 2.69 bits per heavy atom. The molecule has 0 saturated carbocycles. The highest BCUT2D eigenvalue weighted by Gasteiger charge is 2.00. The van der Waals surface area contributed by atoms with Crippen LogP contribution < -0.4 is 11.1 Å². The Bertz CT molecular complexity index is 321. The van der Waals surface area contributed by atoms with Gasteiger partial charge in [-0.25, -0.2) is 4.79 Å². The number of rotatable bonds is 2. The summed E-state index contributed by atoms with van der Waals surface area (Å²) in [6.45, 7) is 4.04. The summed E-state index contributed by atoms with van der Waals surface area (Å²) in [6.07, 6.45) is 0.998. The van der Waals surface area contributed by atoms with Gasteiger partial charge in [0.05, 0.1) is 0 Å². The van der Waals surface area contributed by atoms with Crippen molar-refractivity contribution in [2.75, 3.05) is 5.32 Å². The van der Waals surface area contributed by atoms with Crippen molar-refractivity contribution in [1.82, 2.24) is 0 Å². The summed E-state index contributed by atoms with van der Waals surface area (Å²) in [5.41, 5.74) is 8.09. The number of nitrogens with two attached hydrogens (primary N) is 1. The number of benzene rings is 1. The molecule has 1 rings (SSSR count). The zero-order valence-corrected chi connectivity index (χ0v) is 7.92. The fourth-order valence-corrected chi connectivity index (χ4v) is 1.22. The molecule has 1 aromatic rings. The molecule has 3 nitrogen and oxygen atoms in total. The topological polar surface area (TPSA) is 55.1 Å². The molecule has 13 heavy (non-hydrogen) atoms. The molecule has 2 amide bonds. The third-order valence-corrected chi connectivity index (χ3v) is 1.96. The normalized spacial score (nSPS) is 9.69. The molecule has 0 saturated heterocycles. The van der Waals surface area contributed by atoms with Crippen LogP contribution in [0.5, 0.6) is 0 Å². The Hall–Kier alpha value is -1.51. The van der Waals surface area contributed by atoms with Crippen LogP contribution in [0.3, 0.4) is 0 Å². The van der Waals surface area contributed by atoms with Crippen molar-refractivity contribution in [2.24, 2.45) is 5.73 Å². The molecule has 0 bridgehead atoms. The number of aryl methyl sites for hydroxylation is 2. The van der Waals surface area contributed by atoms with Crippen LogP contribution in [0.1, 0.15) is 18.1 Å². The minimum atomic E-state index is -0.521. The molecule has 0 aliphatic heterocycles. The first-order valence-corrected chi connectivity index (χ1v) is 4.29. The molecule has 0 aliphatic rings. The van der Waals surface area contributed by atoms with Gasteiger partial charge in [-0.2, -0.15) is 0 Å². The number of hydrogen-bond donors (Lipinski definition) is 2. The van der Waals surface area contributed by atoms with E-state index in [1.165, 1.54) is 5.56 Å². The molecule has 3 N–H and O–H groups in total. The van der Waals surface area contributed by atoms with E-state index < -0.39 is 6.03 Å². The van der Waals surface area contributed by atoms with Gasteiger partial charge in [0.2, 0.25) is 0 Å². The summed E-state index contributed by atoms with van der Waals surface area (Å²) in [5, 5.41) is 2.56. The third-order valence-electron chi connectivity index (χ3n) is 1.96. The second-order valence-electron chi connectivity index (χ2n) is 2.99. The minimum absolute atomic E-state index is 0.521. The van der Waals surface area contributed by atoms with E-state index in [4.69, 9.17) is 5.73 Å². The lowest BCUT2D eigenvalue weighted by molar-refractivity contribution is 0.259. The largest absolute Gasteiger partial charge is 0.351 e. The van der Waals surface area contributed by atoms with Crippen molar-refractivity contribution in [3.8, 4) is 0 Å². The highest BCUT2D eigenvalue weighted by atomic mass is 16.2. The zero-order valence-electron chi connectivity index (χ0n) is 7.92. The minimum Gasteiger partial charge on any atom is -0.351 e. The molecule has 70 valence electrons. The van der Waals surface area contributed by atoms with Crippen molar-refractivity contribution >= 4 is 11.7 Å². The lowest BCUT2D eigenvalue weighted by atomic mass is 10.1. The van der Waals surface area contributed by atoms with Crippen molar-refractivity contribution in [2.45, 2.75) is 20.3 Å². The lowest BCUT2D eigenvalue weighted by Gasteiger charge is -2.07. The molecule has 0 aliphatic carbocycles. The van der Waals surface area contributed by atoms with E-state index in [-0.39, 0.29) is 0 Å². The summed E-state index contributed by atoms with van der Waals surface area (Å²) < 4.78 is 0. The Morgan fingerprint density at radius 2 is 2.23 bits per heavy atom. The summed E-state index contributed by atoms with van der Waals surface area (Å²) >= 11 is 0. The van der Waals surface area contributed by atoms with E-state index in [0.29, 0.717) is 0 Å². The van der Waals surface area contributed by atoms with Crippen LogP contribution in [0, 0.1) is 6.92 Å². The number of primary amides is 1. The maximum absolute atomic E-state index is 10.6. The second kappa shape index (κ2) is 3.94. The van der Waals surface area contributed by atoms with Crippen LogP contribution in [-0.2, 0) is 6.42 Å². The highest BCUT2D eigenvalue weighted by Crippen LogP contribution is 2.16. The zero-order chi connectivity index (χ0) is 9.84. The average molecular weight is 178 g/mol. The molecule has 0 aromatic heterocycles. The quantitative estimate of drug-likeness (QED) is 0.715. The number of nitrogens with one attached hydrogen (secondary N) is 1. The van der Waals surface area contributed by atoms with E-state index in [2.05, 4.69) is 12.2 Å². The molecule has 0 atom stereocenters. The molecule has 0 fully saturated rings. The summed E-state index contributed by atoms with van der Waals surface area (Å²) in [6, 6.07) is 5.38. The molecule has 0 heterocycles. The van der Waals surface area contributed by atoms with E-state index in [9.17, 15) is 4.79 Å². The monoisotopic (exact) mass is 178 g/mol. The summed E-state index contributed by atoms with van der Waals surface area (Å²) in [5.74, 6) is 0. The first-order valence-electron chi connectivity index (χ1n) is 4.29. The molecular weight excluding hydrogens is 164 g/mol. The lowest BCUT2D eigenvalue weighted by Crippen LogP contribution is -2.19. The van der Waals surface area contributed by atoms with Gasteiger partial charge in [-0.1, -0.05) is 19.1 Å². The van der Waals surface area contributed by atoms with E-state index in [1.807, 2.05) is 25.1 Å². The predicted molar refractivity (Wildman–Crippen MR) is 53.8 cm³/mol. The Kier molecular flexibility index (Phi) is 2.90. The molecule has 3 heteroatoms. The van der Waals surface area contributed by atoms with Gasteiger partial charge in [0.1, 0.15) is 0 Å². The van der Waals surface area contributed by atoms with Crippen molar-refractivity contribution in [3.63, 3.8) is 0 Å². The highest BCUT2D eigenvalue weighted by molar-refractivity contribution is 5.88. The van der Waals surface area contributed by atoms with E-state index in [0.717, 1.165) is 17.7 Å². The third kappa shape index (κ3) is 2.47. The standard InChI is InChI=1S/C10H14N2O/c1-3-8-4-5-9(7(2)6-8)12-10(11)13/h4-6H,3H2,1-2H3,(H3,11,12,13). The SMILES string of the molecule is CCc1ccc(NC(N)=O)c(C)c1. The number of hydrogen-bond acceptors (Lipinski definition) is 1. The fraction of sp³-hybridized carbons (Fsp3) is 0.300. The smallest absolute Gasteiger partial charge is 0.316 e. The Morgan fingerprint density at radius 1 is 1.54 bits per heavy atom. The molecule has 0 radical (unpaired) electrons. The number of anilines is 1. The van der Waals surface area contributed by atoms with Crippen molar-refractivity contribution < 1.29 is 4.79 Å². The molecular formula is C10H14N2O.